The zero-order valence-electron chi connectivity index (χ0n) is 12.5. The fourth-order valence-electron chi connectivity index (χ4n) is 2.82. The molecule has 0 aromatic heterocycles. The fraction of sp³-hybridized carbons (Fsp3) is 0.562. The van der Waals surface area contributed by atoms with Crippen molar-refractivity contribution in [1.82, 2.24) is 4.90 Å². The molecule has 108 valence electrons. The van der Waals surface area contributed by atoms with Crippen molar-refractivity contribution < 1.29 is 9.47 Å². The van der Waals surface area contributed by atoms with Gasteiger partial charge in [0.05, 0.1) is 20.3 Å². The molecule has 0 N–H and O–H groups in total. The minimum Gasteiger partial charge on any atom is -0.497 e. The van der Waals surface area contributed by atoms with Gasteiger partial charge in [0.2, 0.25) is 0 Å². The molecular formula is C16H22N2O2. The van der Waals surface area contributed by atoms with Gasteiger partial charge in [-0.05, 0) is 51.1 Å². The molecule has 0 aliphatic carbocycles. The van der Waals surface area contributed by atoms with Gasteiger partial charge >= 0.3 is 0 Å². The van der Waals surface area contributed by atoms with Gasteiger partial charge in [-0.3, -0.25) is 4.90 Å². The Morgan fingerprint density at radius 2 is 1.95 bits per heavy atom. The average molecular weight is 274 g/mol. The van der Waals surface area contributed by atoms with Gasteiger partial charge in [-0.1, -0.05) is 0 Å². The Hall–Kier alpha value is -1.73. The molecule has 1 unspecified atom stereocenters. The number of benzene rings is 1. The van der Waals surface area contributed by atoms with Crippen LogP contribution in [0.3, 0.4) is 0 Å². The van der Waals surface area contributed by atoms with Crippen LogP contribution in [0.4, 0.5) is 0 Å². The van der Waals surface area contributed by atoms with Crippen LogP contribution in [0.5, 0.6) is 11.5 Å². The van der Waals surface area contributed by atoms with Crippen molar-refractivity contribution in [3.63, 3.8) is 0 Å². The Labute approximate surface area is 120 Å². The van der Waals surface area contributed by atoms with Gasteiger partial charge in [0.1, 0.15) is 17.0 Å². The SMILES string of the molecule is COc1ccc(OC)c(CC(C)(C#N)N2CCCC2)c1. The second-order valence-corrected chi connectivity index (χ2v) is 5.43. The Bertz CT molecular complexity index is 504. The second-order valence-electron chi connectivity index (χ2n) is 5.43. The van der Waals surface area contributed by atoms with Crippen molar-refractivity contribution in [3.8, 4) is 17.6 Å². The summed E-state index contributed by atoms with van der Waals surface area (Å²) in [7, 11) is 3.31. The molecular weight excluding hydrogens is 252 g/mol. The normalized spacial score (nSPS) is 18.3. The molecule has 1 saturated heterocycles. The van der Waals surface area contributed by atoms with Gasteiger partial charge in [0, 0.05) is 12.0 Å². The Kier molecular flexibility index (Phi) is 4.51. The number of nitrogens with zero attached hydrogens (tertiary/aromatic N) is 2. The predicted molar refractivity (Wildman–Crippen MR) is 78.1 cm³/mol. The number of likely N-dealkylation sites (tertiary alicyclic amines) is 1. The molecule has 1 heterocycles. The summed E-state index contributed by atoms with van der Waals surface area (Å²) in [4.78, 5) is 2.27. The topological polar surface area (TPSA) is 45.5 Å². The first-order valence-corrected chi connectivity index (χ1v) is 7.00. The van der Waals surface area contributed by atoms with E-state index in [1.807, 2.05) is 25.1 Å². The zero-order valence-corrected chi connectivity index (χ0v) is 12.5. The number of ether oxygens (including phenoxy) is 2. The molecule has 1 atom stereocenters. The van der Waals surface area contributed by atoms with Gasteiger partial charge in [0.15, 0.2) is 0 Å². The first kappa shape index (κ1) is 14.7. The Balaban J connectivity index is 2.28. The van der Waals surface area contributed by atoms with Crippen molar-refractivity contribution in [2.75, 3.05) is 27.3 Å². The van der Waals surface area contributed by atoms with E-state index in [9.17, 15) is 5.26 Å². The highest BCUT2D eigenvalue weighted by atomic mass is 16.5. The third kappa shape index (κ3) is 2.88. The molecule has 4 heteroatoms. The lowest BCUT2D eigenvalue weighted by atomic mass is 9.92. The largest absolute Gasteiger partial charge is 0.497 e. The van der Waals surface area contributed by atoms with Crippen LogP contribution in [0.25, 0.3) is 0 Å². The summed E-state index contributed by atoms with van der Waals surface area (Å²) in [6.07, 6.45) is 2.99. The summed E-state index contributed by atoms with van der Waals surface area (Å²) >= 11 is 0. The lowest BCUT2D eigenvalue weighted by molar-refractivity contribution is 0.190. The molecule has 1 aliphatic heterocycles. The number of hydrogen-bond donors (Lipinski definition) is 0. The first-order chi connectivity index (χ1) is 9.62. The number of hydrogen-bond acceptors (Lipinski definition) is 4. The molecule has 0 bridgehead atoms. The fourth-order valence-corrected chi connectivity index (χ4v) is 2.82. The van der Waals surface area contributed by atoms with Crippen LogP contribution in [0.2, 0.25) is 0 Å². The summed E-state index contributed by atoms with van der Waals surface area (Å²) in [5, 5.41) is 9.63. The quantitative estimate of drug-likeness (QED) is 0.828. The molecule has 0 radical (unpaired) electrons. The summed E-state index contributed by atoms with van der Waals surface area (Å²) in [6, 6.07) is 8.23. The molecule has 0 saturated carbocycles. The van der Waals surface area contributed by atoms with E-state index in [-0.39, 0.29) is 0 Å². The van der Waals surface area contributed by atoms with Crippen molar-refractivity contribution in [2.45, 2.75) is 31.7 Å². The maximum Gasteiger partial charge on any atom is 0.122 e. The monoisotopic (exact) mass is 274 g/mol. The smallest absolute Gasteiger partial charge is 0.122 e. The van der Waals surface area contributed by atoms with E-state index in [2.05, 4.69) is 11.0 Å². The van der Waals surface area contributed by atoms with E-state index >= 15 is 0 Å². The maximum absolute atomic E-state index is 9.63. The first-order valence-electron chi connectivity index (χ1n) is 7.00. The molecule has 0 amide bonds. The lowest BCUT2D eigenvalue weighted by Gasteiger charge is -2.33. The van der Waals surface area contributed by atoms with Crippen LogP contribution in [0, 0.1) is 11.3 Å². The number of rotatable bonds is 5. The van der Waals surface area contributed by atoms with Crippen LogP contribution in [0.1, 0.15) is 25.3 Å². The van der Waals surface area contributed by atoms with Crippen molar-refractivity contribution in [2.24, 2.45) is 0 Å². The summed E-state index contributed by atoms with van der Waals surface area (Å²) in [6.45, 7) is 4.00. The Morgan fingerprint density at radius 3 is 2.50 bits per heavy atom. The molecule has 20 heavy (non-hydrogen) atoms. The van der Waals surface area contributed by atoms with E-state index in [1.54, 1.807) is 14.2 Å². The average Bonchev–Trinajstić information content (AvgIpc) is 3.02. The summed E-state index contributed by atoms with van der Waals surface area (Å²) in [5.74, 6) is 1.61. The number of nitriles is 1. The van der Waals surface area contributed by atoms with Crippen molar-refractivity contribution in [1.29, 1.82) is 5.26 Å². The van der Waals surface area contributed by atoms with Gasteiger partial charge in [-0.25, -0.2) is 0 Å². The van der Waals surface area contributed by atoms with Crippen LogP contribution in [-0.4, -0.2) is 37.7 Å². The third-order valence-corrected chi connectivity index (χ3v) is 4.07. The second kappa shape index (κ2) is 6.15. The molecule has 1 aromatic carbocycles. The molecule has 0 spiro atoms. The van der Waals surface area contributed by atoms with Crippen LogP contribution < -0.4 is 9.47 Å². The maximum atomic E-state index is 9.63. The molecule has 4 nitrogen and oxygen atoms in total. The molecule has 1 fully saturated rings. The van der Waals surface area contributed by atoms with Crippen LogP contribution in [-0.2, 0) is 6.42 Å². The van der Waals surface area contributed by atoms with E-state index < -0.39 is 5.54 Å². The lowest BCUT2D eigenvalue weighted by Crippen LogP contribution is -2.45. The standard InChI is InChI=1S/C16H22N2O2/c1-16(12-17,18-8-4-5-9-18)11-13-10-14(19-2)6-7-15(13)20-3/h6-7,10H,4-5,8-9,11H2,1-3H3. The minimum absolute atomic E-state index is 0.490. The van der Waals surface area contributed by atoms with Gasteiger partial charge in [0.25, 0.3) is 0 Å². The van der Waals surface area contributed by atoms with Gasteiger partial charge in [-0.2, -0.15) is 5.26 Å². The zero-order chi connectivity index (χ0) is 14.6. The van der Waals surface area contributed by atoms with Crippen molar-refractivity contribution >= 4 is 0 Å². The summed E-state index contributed by atoms with van der Waals surface area (Å²) in [5.41, 5.74) is 0.527. The van der Waals surface area contributed by atoms with Gasteiger partial charge < -0.3 is 9.47 Å². The van der Waals surface area contributed by atoms with E-state index in [1.165, 1.54) is 12.8 Å². The molecule has 1 aromatic rings. The highest BCUT2D eigenvalue weighted by molar-refractivity contribution is 5.42. The van der Waals surface area contributed by atoms with Crippen LogP contribution in [0.15, 0.2) is 18.2 Å². The summed E-state index contributed by atoms with van der Waals surface area (Å²) < 4.78 is 10.7. The van der Waals surface area contributed by atoms with E-state index in [0.717, 1.165) is 30.2 Å². The van der Waals surface area contributed by atoms with E-state index in [4.69, 9.17) is 9.47 Å². The van der Waals surface area contributed by atoms with Crippen molar-refractivity contribution in [3.05, 3.63) is 23.8 Å². The highest BCUT2D eigenvalue weighted by Crippen LogP contribution is 2.31. The number of methoxy groups -OCH3 is 2. The van der Waals surface area contributed by atoms with Crippen LogP contribution >= 0.6 is 0 Å². The third-order valence-electron chi connectivity index (χ3n) is 4.07. The molecule has 2 rings (SSSR count). The predicted octanol–water partition coefficient (Wildman–Crippen LogP) is 2.62. The Morgan fingerprint density at radius 1 is 1.25 bits per heavy atom. The van der Waals surface area contributed by atoms with Gasteiger partial charge in [-0.15, -0.1) is 0 Å². The highest BCUT2D eigenvalue weighted by Gasteiger charge is 2.34. The molecule has 1 aliphatic rings. The minimum atomic E-state index is -0.490. The van der Waals surface area contributed by atoms with E-state index in [0.29, 0.717) is 6.42 Å².